The van der Waals surface area contributed by atoms with Crippen molar-refractivity contribution in [1.29, 1.82) is 0 Å². The van der Waals surface area contributed by atoms with E-state index >= 15 is 0 Å². The Kier molecular flexibility index (Phi) is 416. The van der Waals surface area contributed by atoms with E-state index in [-0.39, 0.29) is 80.2 Å². The van der Waals surface area contributed by atoms with Crippen molar-refractivity contribution in [1.82, 2.24) is 0 Å². The molecule has 0 saturated carbocycles. The topological polar surface area (TPSA) is 210 Å². The quantitative estimate of drug-likeness (QED) is 0.208. The van der Waals surface area contributed by atoms with Gasteiger partial charge in [-0.1, -0.05) is 0 Å². The molecule has 0 saturated heterocycles. The van der Waals surface area contributed by atoms with Crippen LogP contribution < -0.4 is 59.1 Å². The van der Waals surface area contributed by atoms with Crippen LogP contribution in [0.2, 0.25) is 0 Å². The number of rotatable bonds is 0. The summed E-state index contributed by atoms with van der Waals surface area (Å²) >= 11 is 0. The van der Waals surface area contributed by atoms with E-state index < -0.39 is 0 Å². The maximum atomic E-state index is 8.00. The summed E-state index contributed by atoms with van der Waals surface area (Å²) < 4.78 is 0. The molecule has 0 unspecified atom stereocenters. The summed E-state index contributed by atoms with van der Waals surface area (Å²) in [5.41, 5.74) is 0. The summed E-state index contributed by atoms with van der Waals surface area (Å²) in [7, 11) is 0. The van der Waals surface area contributed by atoms with Crippen LogP contribution in [0, 0.1) is 40.5 Å². The summed E-state index contributed by atoms with van der Waals surface area (Å²) in [4.78, 5) is 32.0. The third-order valence-electron chi connectivity index (χ3n) is 0. The van der Waals surface area contributed by atoms with Gasteiger partial charge in [-0.15, -0.1) is 21.4 Å². The van der Waals surface area contributed by atoms with Crippen LogP contribution >= 0.6 is 0 Å². The molecule has 0 aromatic carbocycles. The van der Waals surface area contributed by atoms with Crippen LogP contribution in [0.5, 0.6) is 0 Å². The zero-order chi connectivity index (χ0) is 10.8. The second-order valence-corrected chi connectivity index (χ2v) is 0.298. The first-order chi connectivity index (χ1) is 5.66. The van der Waals surface area contributed by atoms with Crippen molar-refractivity contribution < 1.29 is 80.2 Å². The van der Waals surface area contributed by atoms with Crippen LogP contribution in [0.4, 0.5) is 0 Å². The van der Waals surface area contributed by atoms with E-state index in [0.717, 1.165) is 21.4 Å². The van der Waals surface area contributed by atoms with E-state index in [1.54, 1.807) is 0 Å². The van der Waals surface area contributed by atoms with Gasteiger partial charge in [-0.2, -0.15) is 0 Å². The molecule has 0 aromatic heterocycles. The molecule has 0 N–H and O–H groups in total. The first kappa shape index (κ1) is 45.4. The SMILES string of the molecule is O=N[O-].O=N[O-].O=N[O-].O=N[O-].[Na+].[Na+].[Pt+2]. The van der Waals surface area contributed by atoms with Gasteiger partial charge < -0.3 is 40.5 Å². The molecule has 15 heteroatoms. The zero-order valence-electron chi connectivity index (χ0n) is 7.37. The van der Waals surface area contributed by atoms with Crippen LogP contribution in [-0.4, -0.2) is 0 Å². The molecular weight excluding hydrogens is 425 g/mol. The molecule has 0 aliphatic heterocycles. The molecule has 0 atom stereocenters. The van der Waals surface area contributed by atoms with Gasteiger partial charge in [-0.05, 0) is 0 Å². The number of hydrogen-bond donors (Lipinski definition) is 0. The maximum Gasteiger partial charge on any atom is 2.00 e. The Labute approximate surface area is 140 Å². The van der Waals surface area contributed by atoms with Crippen LogP contribution in [0.3, 0.4) is 0 Å². The Morgan fingerprint density at radius 3 is 0.533 bits per heavy atom. The second-order valence-electron chi connectivity index (χ2n) is 0.298. The molecule has 0 spiro atoms. The van der Waals surface area contributed by atoms with E-state index in [4.69, 9.17) is 40.5 Å². The molecule has 12 nitrogen and oxygen atoms in total. The monoisotopic (exact) mass is 425 g/mol. The number of hydrogen-bond acceptors (Lipinski definition) is 12. The normalized spacial score (nSPS) is 3.20. The van der Waals surface area contributed by atoms with Gasteiger partial charge >= 0.3 is 80.2 Å². The van der Waals surface area contributed by atoms with Gasteiger partial charge in [0.2, 0.25) is 0 Å². The van der Waals surface area contributed by atoms with Gasteiger partial charge in [0.15, 0.2) is 0 Å². The molecule has 80 valence electrons. The average Bonchev–Trinajstić information content (AvgIpc) is 1.92. The third kappa shape index (κ3) is 26000. The standard InChI is InChI=1S/4HNO2.2Na.Pt/c4*2-1-3;;;/h4*(H,2,3);;;/q;;;;2*+1;+2/p-4. The van der Waals surface area contributed by atoms with Crippen molar-refractivity contribution in [3.8, 4) is 0 Å². The molecule has 0 radical (unpaired) electrons. The summed E-state index contributed by atoms with van der Waals surface area (Å²) in [6.07, 6.45) is 0. The van der Waals surface area contributed by atoms with Gasteiger partial charge in [0, 0.05) is 0 Å². The van der Waals surface area contributed by atoms with E-state index in [9.17, 15) is 0 Å². The van der Waals surface area contributed by atoms with Crippen LogP contribution in [0.15, 0.2) is 21.4 Å². The van der Waals surface area contributed by atoms with Crippen molar-refractivity contribution in [2.45, 2.75) is 0 Å². The van der Waals surface area contributed by atoms with Crippen LogP contribution in [0.1, 0.15) is 0 Å². The minimum atomic E-state index is 0. The first-order valence-corrected chi connectivity index (χ1v) is 1.46. The third-order valence-corrected chi connectivity index (χ3v) is 0. The maximum absolute atomic E-state index is 8.00. The molecular formula is N4Na2O8Pt. The summed E-state index contributed by atoms with van der Waals surface area (Å²) in [6, 6.07) is 0. The summed E-state index contributed by atoms with van der Waals surface area (Å²) in [6.45, 7) is 0. The smallest absolute Gasteiger partial charge is 0.444 e. The van der Waals surface area contributed by atoms with Crippen LogP contribution in [0.25, 0.3) is 0 Å². The molecule has 0 bridgehead atoms. The van der Waals surface area contributed by atoms with Crippen LogP contribution in [-0.2, 0) is 21.1 Å². The molecule has 15 heavy (non-hydrogen) atoms. The Bertz CT molecular complexity index is 78.6. The molecule has 0 aromatic rings. The van der Waals surface area contributed by atoms with E-state index in [1.807, 2.05) is 0 Å². The van der Waals surface area contributed by atoms with Gasteiger partial charge in [-0.25, -0.2) is 0 Å². The summed E-state index contributed by atoms with van der Waals surface area (Å²) in [5.74, 6) is 0. The van der Waals surface area contributed by atoms with Gasteiger partial charge in [0.25, 0.3) is 0 Å². The fourth-order valence-corrected chi connectivity index (χ4v) is 0. The minimum Gasteiger partial charge on any atom is -0.444 e. The largest absolute Gasteiger partial charge is 2.00 e. The minimum absolute atomic E-state index is 0. The van der Waals surface area contributed by atoms with Gasteiger partial charge in [0.05, 0.1) is 0 Å². The predicted octanol–water partition coefficient (Wildman–Crippen LogP) is -4.99. The Hall–Kier alpha value is 0.288. The van der Waals surface area contributed by atoms with Crippen molar-refractivity contribution in [3.63, 3.8) is 0 Å². The first-order valence-electron chi connectivity index (χ1n) is 1.46. The molecule has 0 aliphatic rings. The Morgan fingerprint density at radius 2 is 0.533 bits per heavy atom. The van der Waals surface area contributed by atoms with Crippen molar-refractivity contribution in [2.75, 3.05) is 0 Å². The predicted molar refractivity (Wildman–Crippen MR) is 36.6 cm³/mol. The van der Waals surface area contributed by atoms with Crippen molar-refractivity contribution in [3.05, 3.63) is 40.5 Å². The fourth-order valence-electron chi connectivity index (χ4n) is 0. The summed E-state index contributed by atoms with van der Waals surface area (Å²) in [5, 5.41) is 36.0. The molecule has 0 rings (SSSR count). The van der Waals surface area contributed by atoms with Gasteiger partial charge in [0.1, 0.15) is 0 Å². The average molecular weight is 425 g/mol. The second kappa shape index (κ2) is 137. The number of nitrogens with zero attached hydrogens (tertiary/aromatic N) is 4. The Balaban J connectivity index is -0.0000000107. The molecule has 0 aliphatic carbocycles. The van der Waals surface area contributed by atoms with Gasteiger partial charge in [-0.3, -0.25) is 0 Å². The fraction of sp³-hybridized carbons (Fsp3) is 0. The van der Waals surface area contributed by atoms with Crippen molar-refractivity contribution >= 4 is 0 Å². The zero-order valence-corrected chi connectivity index (χ0v) is 13.6. The van der Waals surface area contributed by atoms with Crippen molar-refractivity contribution in [2.24, 2.45) is 21.4 Å². The molecule has 0 fully saturated rings. The molecule has 0 amide bonds. The molecule has 0 heterocycles. The van der Waals surface area contributed by atoms with E-state index in [0.29, 0.717) is 0 Å². The van der Waals surface area contributed by atoms with E-state index in [2.05, 4.69) is 0 Å². The Morgan fingerprint density at radius 1 is 0.533 bits per heavy atom. The van der Waals surface area contributed by atoms with E-state index in [1.165, 1.54) is 0 Å².